The van der Waals surface area contributed by atoms with Gasteiger partial charge in [0.1, 0.15) is 11.5 Å². The van der Waals surface area contributed by atoms with Gasteiger partial charge in [-0.15, -0.1) is 0 Å². The molecule has 3 heteroatoms. The minimum absolute atomic E-state index is 0.445. The summed E-state index contributed by atoms with van der Waals surface area (Å²) >= 11 is 6.12. The number of aryl methyl sites for hydroxylation is 2. The molecule has 0 aliphatic carbocycles. The van der Waals surface area contributed by atoms with Crippen LogP contribution in [0.25, 0.3) is 0 Å². The summed E-state index contributed by atoms with van der Waals surface area (Å²) in [5.41, 5.74) is 8.98. The van der Waals surface area contributed by atoms with Gasteiger partial charge < -0.3 is 10.5 Å². The van der Waals surface area contributed by atoms with Crippen LogP contribution in [0, 0.1) is 13.8 Å². The first-order valence-corrected chi connectivity index (χ1v) is 6.21. The summed E-state index contributed by atoms with van der Waals surface area (Å²) in [6, 6.07) is 11.7. The van der Waals surface area contributed by atoms with Gasteiger partial charge in [0.25, 0.3) is 0 Å². The minimum atomic E-state index is 0.445. The van der Waals surface area contributed by atoms with Crippen LogP contribution in [-0.4, -0.2) is 0 Å². The van der Waals surface area contributed by atoms with Crippen molar-refractivity contribution in [3.8, 4) is 11.5 Å². The highest BCUT2D eigenvalue weighted by Crippen LogP contribution is 2.32. The summed E-state index contributed by atoms with van der Waals surface area (Å²) < 4.78 is 5.86. The number of ether oxygens (including phenoxy) is 1. The van der Waals surface area contributed by atoms with Crippen LogP contribution < -0.4 is 10.5 Å². The van der Waals surface area contributed by atoms with E-state index < -0.39 is 0 Å². The average molecular weight is 262 g/mol. The topological polar surface area (TPSA) is 35.2 Å². The zero-order valence-corrected chi connectivity index (χ0v) is 11.3. The molecule has 0 bridgehead atoms. The minimum Gasteiger partial charge on any atom is -0.455 e. The first-order valence-electron chi connectivity index (χ1n) is 5.84. The summed E-state index contributed by atoms with van der Waals surface area (Å²) in [7, 11) is 0. The van der Waals surface area contributed by atoms with Gasteiger partial charge in [-0.05, 0) is 37.6 Å². The molecule has 0 aromatic heterocycles. The van der Waals surface area contributed by atoms with Gasteiger partial charge in [-0.2, -0.15) is 0 Å². The fourth-order valence-corrected chi connectivity index (χ4v) is 1.93. The Labute approximate surface area is 112 Å². The van der Waals surface area contributed by atoms with Crippen LogP contribution in [0.1, 0.15) is 16.7 Å². The van der Waals surface area contributed by atoms with Gasteiger partial charge in [0, 0.05) is 12.1 Å². The Morgan fingerprint density at radius 3 is 2.39 bits per heavy atom. The monoisotopic (exact) mass is 261 g/mol. The van der Waals surface area contributed by atoms with E-state index in [9.17, 15) is 0 Å². The highest BCUT2D eigenvalue weighted by Gasteiger charge is 2.07. The lowest BCUT2D eigenvalue weighted by atomic mass is 10.1. The van der Waals surface area contributed by atoms with E-state index in [1.807, 2.05) is 50.2 Å². The highest BCUT2D eigenvalue weighted by molar-refractivity contribution is 6.32. The Kier molecular flexibility index (Phi) is 3.90. The quantitative estimate of drug-likeness (QED) is 0.898. The molecule has 18 heavy (non-hydrogen) atoms. The van der Waals surface area contributed by atoms with Crippen LogP contribution in [0.5, 0.6) is 11.5 Å². The van der Waals surface area contributed by atoms with Crippen molar-refractivity contribution in [3.63, 3.8) is 0 Å². The summed E-state index contributed by atoms with van der Waals surface area (Å²) in [5, 5.41) is 0.601. The zero-order valence-electron chi connectivity index (χ0n) is 10.5. The third kappa shape index (κ3) is 2.84. The Morgan fingerprint density at radius 2 is 1.67 bits per heavy atom. The molecule has 2 aromatic rings. The van der Waals surface area contributed by atoms with Gasteiger partial charge in [-0.25, -0.2) is 0 Å². The maximum Gasteiger partial charge on any atom is 0.146 e. The largest absolute Gasteiger partial charge is 0.455 e. The number of rotatable bonds is 3. The number of hydrogen-bond donors (Lipinski definition) is 1. The van der Waals surface area contributed by atoms with Crippen molar-refractivity contribution in [1.82, 2.24) is 0 Å². The number of halogens is 1. The lowest BCUT2D eigenvalue weighted by molar-refractivity contribution is 0.476. The van der Waals surface area contributed by atoms with Crippen LogP contribution in [0.3, 0.4) is 0 Å². The van der Waals surface area contributed by atoms with Gasteiger partial charge in [0.2, 0.25) is 0 Å². The standard InChI is InChI=1S/C15H16ClNO/c1-10-4-6-14(12(7-10)9-17)18-15-8-11(2)3-5-13(15)16/h3-8H,9,17H2,1-2H3. The zero-order chi connectivity index (χ0) is 13.1. The molecule has 2 aromatic carbocycles. The predicted octanol–water partition coefficient (Wildman–Crippen LogP) is 4.21. The van der Waals surface area contributed by atoms with Crippen molar-refractivity contribution >= 4 is 11.6 Å². The molecule has 0 saturated carbocycles. The summed E-state index contributed by atoms with van der Waals surface area (Å²) in [4.78, 5) is 0. The van der Waals surface area contributed by atoms with Gasteiger partial charge in [-0.3, -0.25) is 0 Å². The average Bonchev–Trinajstić information content (AvgIpc) is 2.36. The Bertz CT molecular complexity index is 566. The van der Waals surface area contributed by atoms with Gasteiger partial charge in [0.05, 0.1) is 5.02 Å². The first kappa shape index (κ1) is 12.9. The lowest BCUT2D eigenvalue weighted by Gasteiger charge is -2.12. The second-order valence-corrected chi connectivity index (χ2v) is 4.76. The van der Waals surface area contributed by atoms with E-state index in [0.717, 1.165) is 22.4 Å². The van der Waals surface area contributed by atoms with Crippen LogP contribution in [0.15, 0.2) is 36.4 Å². The fourth-order valence-electron chi connectivity index (χ4n) is 1.77. The molecular weight excluding hydrogens is 246 g/mol. The number of benzene rings is 2. The molecule has 94 valence electrons. The number of hydrogen-bond acceptors (Lipinski definition) is 2. The molecule has 0 unspecified atom stereocenters. The Balaban J connectivity index is 2.36. The maximum atomic E-state index is 6.12. The Morgan fingerprint density at radius 1 is 1.00 bits per heavy atom. The lowest BCUT2D eigenvalue weighted by Crippen LogP contribution is -2.00. The molecule has 0 fully saturated rings. The molecule has 0 radical (unpaired) electrons. The molecule has 0 heterocycles. The second-order valence-electron chi connectivity index (χ2n) is 4.35. The van der Waals surface area contributed by atoms with Crippen molar-refractivity contribution in [1.29, 1.82) is 0 Å². The molecule has 0 aliphatic heterocycles. The van der Waals surface area contributed by atoms with E-state index >= 15 is 0 Å². The third-order valence-electron chi connectivity index (χ3n) is 2.74. The third-order valence-corrected chi connectivity index (χ3v) is 3.05. The molecule has 0 saturated heterocycles. The summed E-state index contributed by atoms with van der Waals surface area (Å²) in [5.74, 6) is 1.42. The van der Waals surface area contributed by atoms with Gasteiger partial charge in [-0.1, -0.05) is 35.4 Å². The van der Waals surface area contributed by atoms with Crippen molar-refractivity contribution < 1.29 is 4.74 Å². The molecular formula is C15H16ClNO. The first-order chi connectivity index (χ1) is 8.60. The molecule has 0 aliphatic rings. The van der Waals surface area contributed by atoms with Crippen LogP contribution >= 0.6 is 11.6 Å². The van der Waals surface area contributed by atoms with Crippen LogP contribution in [-0.2, 0) is 6.54 Å². The van der Waals surface area contributed by atoms with Crippen molar-refractivity contribution in [3.05, 3.63) is 58.1 Å². The maximum absolute atomic E-state index is 6.12. The molecule has 2 rings (SSSR count). The summed E-state index contributed by atoms with van der Waals surface area (Å²) in [6.45, 7) is 4.48. The molecule has 0 amide bonds. The normalized spacial score (nSPS) is 10.4. The van der Waals surface area contributed by atoms with Crippen molar-refractivity contribution in [2.45, 2.75) is 20.4 Å². The van der Waals surface area contributed by atoms with E-state index in [1.54, 1.807) is 0 Å². The highest BCUT2D eigenvalue weighted by atomic mass is 35.5. The predicted molar refractivity (Wildman–Crippen MR) is 75.3 cm³/mol. The van der Waals surface area contributed by atoms with Crippen molar-refractivity contribution in [2.24, 2.45) is 5.73 Å². The van der Waals surface area contributed by atoms with E-state index in [1.165, 1.54) is 0 Å². The van der Waals surface area contributed by atoms with Gasteiger partial charge in [0.15, 0.2) is 0 Å². The van der Waals surface area contributed by atoms with Gasteiger partial charge >= 0.3 is 0 Å². The molecule has 2 nitrogen and oxygen atoms in total. The molecule has 0 spiro atoms. The van der Waals surface area contributed by atoms with Crippen LogP contribution in [0.2, 0.25) is 5.02 Å². The van der Waals surface area contributed by atoms with E-state index in [4.69, 9.17) is 22.1 Å². The van der Waals surface area contributed by atoms with E-state index in [0.29, 0.717) is 17.3 Å². The Hall–Kier alpha value is -1.51. The number of nitrogens with two attached hydrogens (primary N) is 1. The van der Waals surface area contributed by atoms with E-state index in [-0.39, 0.29) is 0 Å². The smallest absolute Gasteiger partial charge is 0.146 e. The SMILES string of the molecule is Cc1ccc(Oc2cc(C)ccc2Cl)c(CN)c1. The van der Waals surface area contributed by atoms with Crippen molar-refractivity contribution in [2.75, 3.05) is 0 Å². The van der Waals surface area contributed by atoms with E-state index in [2.05, 4.69) is 0 Å². The summed E-state index contributed by atoms with van der Waals surface area (Å²) in [6.07, 6.45) is 0. The molecule has 0 atom stereocenters. The second kappa shape index (κ2) is 5.42. The van der Waals surface area contributed by atoms with Crippen LogP contribution in [0.4, 0.5) is 0 Å². The molecule has 2 N–H and O–H groups in total. The fraction of sp³-hybridized carbons (Fsp3) is 0.200.